The van der Waals surface area contributed by atoms with Crippen LogP contribution in [0.15, 0.2) is 0 Å². The van der Waals surface area contributed by atoms with Crippen molar-refractivity contribution < 1.29 is 14.3 Å². The lowest BCUT2D eigenvalue weighted by molar-refractivity contribution is -0.157. The molecule has 2 bridgehead atoms. The standard InChI is InChI=1S/C16H28O3/c1-5-18-10-6-7-14(17)19-13-11-12-8-9-16(13,4)15(12,2)3/h12-13H,5-11H2,1-4H3. The van der Waals surface area contributed by atoms with E-state index in [4.69, 9.17) is 9.47 Å². The van der Waals surface area contributed by atoms with Gasteiger partial charge in [-0.1, -0.05) is 20.8 Å². The van der Waals surface area contributed by atoms with Crippen LogP contribution in [0.1, 0.15) is 59.8 Å². The highest BCUT2D eigenvalue weighted by Crippen LogP contribution is 2.66. The molecule has 0 aromatic rings. The largest absolute Gasteiger partial charge is 0.462 e. The predicted molar refractivity (Wildman–Crippen MR) is 74.8 cm³/mol. The molecule has 0 radical (unpaired) electrons. The van der Waals surface area contributed by atoms with Crippen molar-refractivity contribution in [3.63, 3.8) is 0 Å². The fourth-order valence-electron chi connectivity index (χ4n) is 3.99. The predicted octanol–water partition coefficient (Wildman–Crippen LogP) is 3.56. The Morgan fingerprint density at radius 1 is 1.32 bits per heavy atom. The van der Waals surface area contributed by atoms with Crippen molar-refractivity contribution in [2.45, 2.75) is 65.9 Å². The molecule has 0 spiro atoms. The van der Waals surface area contributed by atoms with E-state index in [9.17, 15) is 4.79 Å². The first-order valence-corrected chi connectivity index (χ1v) is 7.69. The van der Waals surface area contributed by atoms with Gasteiger partial charge in [0.05, 0.1) is 0 Å². The first kappa shape index (κ1) is 14.8. The monoisotopic (exact) mass is 268 g/mol. The minimum Gasteiger partial charge on any atom is -0.462 e. The van der Waals surface area contributed by atoms with E-state index in [1.54, 1.807) is 0 Å². The second-order valence-electron chi connectivity index (χ2n) is 6.89. The first-order valence-electron chi connectivity index (χ1n) is 7.69. The summed E-state index contributed by atoms with van der Waals surface area (Å²) in [6, 6.07) is 0. The molecule has 110 valence electrons. The smallest absolute Gasteiger partial charge is 0.306 e. The van der Waals surface area contributed by atoms with Crippen molar-refractivity contribution in [3.8, 4) is 0 Å². The second kappa shape index (κ2) is 5.43. The third kappa shape index (κ3) is 2.54. The van der Waals surface area contributed by atoms with E-state index >= 15 is 0 Å². The summed E-state index contributed by atoms with van der Waals surface area (Å²) >= 11 is 0. The van der Waals surface area contributed by atoms with Crippen LogP contribution in [0.2, 0.25) is 0 Å². The van der Waals surface area contributed by atoms with Crippen LogP contribution in [-0.4, -0.2) is 25.3 Å². The van der Waals surface area contributed by atoms with Crippen LogP contribution in [-0.2, 0) is 14.3 Å². The SMILES string of the molecule is CCOCCCC(=O)OC1CC2CCC1(C)C2(C)C. The van der Waals surface area contributed by atoms with E-state index in [1.165, 1.54) is 12.8 Å². The molecule has 19 heavy (non-hydrogen) atoms. The van der Waals surface area contributed by atoms with Crippen molar-refractivity contribution in [1.29, 1.82) is 0 Å². The molecule has 0 aromatic carbocycles. The topological polar surface area (TPSA) is 35.5 Å². The van der Waals surface area contributed by atoms with Gasteiger partial charge in [0.2, 0.25) is 0 Å². The molecule has 2 saturated carbocycles. The Hall–Kier alpha value is -0.570. The fourth-order valence-corrected chi connectivity index (χ4v) is 3.99. The van der Waals surface area contributed by atoms with E-state index in [-0.39, 0.29) is 17.5 Å². The summed E-state index contributed by atoms with van der Waals surface area (Å²) in [7, 11) is 0. The second-order valence-corrected chi connectivity index (χ2v) is 6.89. The molecule has 2 aliphatic rings. The molecular formula is C16H28O3. The van der Waals surface area contributed by atoms with Crippen LogP contribution in [0.5, 0.6) is 0 Å². The van der Waals surface area contributed by atoms with Crippen molar-refractivity contribution in [2.24, 2.45) is 16.7 Å². The highest BCUT2D eigenvalue weighted by Gasteiger charge is 2.62. The third-order valence-corrected chi connectivity index (χ3v) is 5.86. The number of hydrogen-bond acceptors (Lipinski definition) is 3. The minimum atomic E-state index is -0.0470. The lowest BCUT2D eigenvalue weighted by Gasteiger charge is -2.38. The molecule has 0 N–H and O–H groups in total. The quantitative estimate of drug-likeness (QED) is 0.546. The molecule has 3 nitrogen and oxygen atoms in total. The van der Waals surface area contributed by atoms with E-state index in [0.29, 0.717) is 25.0 Å². The number of carbonyl (C=O) groups is 1. The Morgan fingerprint density at radius 2 is 2.05 bits per heavy atom. The summed E-state index contributed by atoms with van der Waals surface area (Å²) < 4.78 is 11.0. The maximum absolute atomic E-state index is 11.9. The third-order valence-electron chi connectivity index (χ3n) is 5.86. The van der Waals surface area contributed by atoms with E-state index in [0.717, 1.165) is 18.8 Å². The Bertz CT molecular complexity index is 337. The molecule has 0 amide bonds. The van der Waals surface area contributed by atoms with Crippen LogP contribution in [0, 0.1) is 16.7 Å². The van der Waals surface area contributed by atoms with Gasteiger partial charge in [-0.05, 0) is 43.9 Å². The van der Waals surface area contributed by atoms with Crippen LogP contribution in [0.4, 0.5) is 0 Å². The number of esters is 1. The first-order chi connectivity index (χ1) is 8.91. The van der Waals surface area contributed by atoms with Crippen LogP contribution in [0.3, 0.4) is 0 Å². The molecular weight excluding hydrogens is 240 g/mol. The molecule has 3 heteroatoms. The number of ether oxygens (including phenoxy) is 2. The van der Waals surface area contributed by atoms with E-state index in [1.807, 2.05) is 6.92 Å². The van der Waals surface area contributed by atoms with Gasteiger partial charge in [0.1, 0.15) is 6.10 Å². The summed E-state index contributed by atoms with van der Waals surface area (Å²) in [5.74, 6) is 0.674. The number of fused-ring (bicyclic) bond motifs is 2. The van der Waals surface area contributed by atoms with Gasteiger partial charge in [0.25, 0.3) is 0 Å². The number of rotatable bonds is 6. The highest BCUT2D eigenvalue weighted by molar-refractivity contribution is 5.69. The normalized spacial score (nSPS) is 35.6. The summed E-state index contributed by atoms with van der Waals surface area (Å²) in [5.41, 5.74) is 0.483. The molecule has 2 fully saturated rings. The molecule has 2 rings (SSSR count). The average molecular weight is 268 g/mol. The minimum absolute atomic E-state index is 0.0470. The fraction of sp³-hybridized carbons (Fsp3) is 0.938. The number of hydrogen-bond donors (Lipinski definition) is 0. The molecule has 0 heterocycles. The Balaban J connectivity index is 1.83. The van der Waals surface area contributed by atoms with Crippen molar-refractivity contribution in [3.05, 3.63) is 0 Å². The molecule has 0 aromatic heterocycles. The zero-order valence-corrected chi connectivity index (χ0v) is 12.8. The summed E-state index contributed by atoms with van der Waals surface area (Å²) in [6.07, 6.45) is 4.92. The van der Waals surface area contributed by atoms with Crippen LogP contribution >= 0.6 is 0 Å². The maximum Gasteiger partial charge on any atom is 0.306 e. The van der Waals surface area contributed by atoms with Gasteiger partial charge in [0.15, 0.2) is 0 Å². The van der Waals surface area contributed by atoms with Crippen molar-refractivity contribution in [1.82, 2.24) is 0 Å². The van der Waals surface area contributed by atoms with Crippen LogP contribution in [0.25, 0.3) is 0 Å². The highest BCUT2D eigenvalue weighted by atomic mass is 16.5. The van der Waals surface area contributed by atoms with Gasteiger partial charge < -0.3 is 9.47 Å². The zero-order chi connectivity index (χ0) is 14.1. The van der Waals surface area contributed by atoms with Gasteiger partial charge in [-0.2, -0.15) is 0 Å². The van der Waals surface area contributed by atoms with Crippen molar-refractivity contribution >= 4 is 5.97 Å². The van der Waals surface area contributed by atoms with Gasteiger partial charge in [-0.15, -0.1) is 0 Å². The Labute approximate surface area is 117 Å². The molecule has 2 aliphatic carbocycles. The molecule has 3 unspecified atom stereocenters. The van der Waals surface area contributed by atoms with E-state index < -0.39 is 0 Å². The summed E-state index contributed by atoms with van der Waals surface area (Å²) in [5, 5.41) is 0. The van der Waals surface area contributed by atoms with Gasteiger partial charge in [-0.3, -0.25) is 4.79 Å². The molecule has 0 saturated heterocycles. The zero-order valence-electron chi connectivity index (χ0n) is 12.8. The van der Waals surface area contributed by atoms with E-state index in [2.05, 4.69) is 20.8 Å². The van der Waals surface area contributed by atoms with Crippen LogP contribution < -0.4 is 0 Å². The summed E-state index contributed by atoms with van der Waals surface area (Å²) in [6.45, 7) is 10.3. The van der Waals surface area contributed by atoms with Crippen molar-refractivity contribution in [2.75, 3.05) is 13.2 Å². The Kier molecular flexibility index (Phi) is 4.24. The average Bonchev–Trinajstić information content (AvgIpc) is 2.68. The van der Waals surface area contributed by atoms with Gasteiger partial charge in [0, 0.05) is 25.0 Å². The number of carbonyl (C=O) groups excluding carboxylic acids is 1. The van der Waals surface area contributed by atoms with Gasteiger partial charge >= 0.3 is 5.97 Å². The lowest BCUT2D eigenvalue weighted by atomic mass is 9.70. The Morgan fingerprint density at radius 3 is 2.58 bits per heavy atom. The maximum atomic E-state index is 11.9. The van der Waals surface area contributed by atoms with Gasteiger partial charge in [-0.25, -0.2) is 0 Å². The lowest BCUT2D eigenvalue weighted by Crippen LogP contribution is -2.38. The molecule has 0 aliphatic heterocycles. The molecule has 3 atom stereocenters. The summed E-state index contributed by atoms with van der Waals surface area (Å²) in [4.78, 5) is 11.9.